The fraction of sp³-hybridized carbons (Fsp3) is 0.167. The van der Waals surface area contributed by atoms with Gasteiger partial charge in [0.15, 0.2) is 0 Å². The molecular weight excluding hydrogens is 248 g/mol. The molecule has 0 spiro atoms. The minimum absolute atomic E-state index is 0.230. The molecule has 2 nitrogen and oxygen atoms in total. The quantitative estimate of drug-likeness (QED) is 0.669. The lowest BCUT2D eigenvalue weighted by Crippen LogP contribution is -2.04. The first-order valence-corrected chi connectivity index (χ1v) is 6.97. The molecule has 0 saturated heterocycles. The second-order valence-electron chi connectivity index (χ2n) is 5.25. The van der Waals surface area contributed by atoms with Crippen LogP contribution < -0.4 is 0 Å². The molecule has 98 valence electrons. The Hall–Kier alpha value is -2.35. The third-order valence-electron chi connectivity index (χ3n) is 4.08. The summed E-state index contributed by atoms with van der Waals surface area (Å²) in [7, 11) is 0. The highest BCUT2D eigenvalue weighted by atomic mass is 16.5. The van der Waals surface area contributed by atoms with Crippen molar-refractivity contribution in [2.45, 2.75) is 19.3 Å². The van der Waals surface area contributed by atoms with E-state index in [1.54, 1.807) is 0 Å². The normalized spacial score (nSPS) is 20.3. The van der Waals surface area contributed by atoms with Gasteiger partial charge in [-0.1, -0.05) is 42.5 Å². The standard InChI is InChI=1S/C18H14O2/c19-18-16-10-4-3-9-15(16)17(20-18)14-11-5-7-12-6-1-2-8-13(12)14/h1-4,6,8-10H,5,7,11H2/b17-14-. The van der Waals surface area contributed by atoms with Gasteiger partial charge >= 0.3 is 5.97 Å². The molecule has 1 aliphatic carbocycles. The molecule has 1 heterocycles. The van der Waals surface area contributed by atoms with Gasteiger partial charge in [0.2, 0.25) is 0 Å². The van der Waals surface area contributed by atoms with Crippen molar-refractivity contribution >= 4 is 17.3 Å². The number of fused-ring (bicyclic) bond motifs is 2. The zero-order chi connectivity index (χ0) is 13.5. The van der Waals surface area contributed by atoms with Crippen molar-refractivity contribution in [3.05, 3.63) is 70.8 Å². The maximum absolute atomic E-state index is 12.0. The molecule has 0 aromatic heterocycles. The number of cyclic esters (lactones) is 1. The van der Waals surface area contributed by atoms with Gasteiger partial charge in [0.25, 0.3) is 0 Å². The molecule has 1 aliphatic heterocycles. The lowest BCUT2D eigenvalue weighted by atomic mass is 9.85. The van der Waals surface area contributed by atoms with Gasteiger partial charge in [0.1, 0.15) is 5.76 Å². The van der Waals surface area contributed by atoms with E-state index in [1.165, 1.54) is 16.7 Å². The molecule has 0 fully saturated rings. The summed E-state index contributed by atoms with van der Waals surface area (Å²) in [4.78, 5) is 12.0. The van der Waals surface area contributed by atoms with Crippen molar-refractivity contribution in [3.63, 3.8) is 0 Å². The number of allylic oxidation sites excluding steroid dienone is 1. The Morgan fingerprint density at radius 1 is 0.800 bits per heavy atom. The van der Waals surface area contributed by atoms with Gasteiger partial charge in [0, 0.05) is 11.1 Å². The summed E-state index contributed by atoms with van der Waals surface area (Å²) in [6.07, 6.45) is 3.17. The minimum atomic E-state index is -0.230. The Morgan fingerprint density at radius 3 is 2.35 bits per heavy atom. The summed E-state index contributed by atoms with van der Waals surface area (Å²) < 4.78 is 5.57. The summed E-state index contributed by atoms with van der Waals surface area (Å²) in [5.41, 5.74) is 5.37. The second kappa shape index (κ2) is 4.34. The average Bonchev–Trinajstić information content (AvgIpc) is 2.84. The van der Waals surface area contributed by atoms with E-state index < -0.39 is 0 Å². The van der Waals surface area contributed by atoms with E-state index in [2.05, 4.69) is 18.2 Å². The number of benzene rings is 2. The van der Waals surface area contributed by atoms with E-state index >= 15 is 0 Å². The minimum Gasteiger partial charge on any atom is -0.422 e. The highest BCUT2D eigenvalue weighted by Crippen LogP contribution is 2.40. The predicted molar refractivity (Wildman–Crippen MR) is 78.1 cm³/mol. The number of ether oxygens (including phenoxy) is 1. The van der Waals surface area contributed by atoms with Crippen LogP contribution in [-0.2, 0) is 11.2 Å². The van der Waals surface area contributed by atoms with Gasteiger partial charge in [-0.2, -0.15) is 0 Å². The zero-order valence-electron chi connectivity index (χ0n) is 11.1. The van der Waals surface area contributed by atoms with Crippen LogP contribution in [0, 0.1) is 0 Å². The van der Waals surface area contributed by atoms with Crippen LogP contribution in [0.2, 0.25) is 0 Å². The van der Waals surface area contributed by atoms with Crippen LogP contribution in [0.5, 0.6) is 0 Å². The summed E-state index contributed by atoms with van der Waals surface area (Å²) >= 11 is 0. The van der Waals surface area contributed by atoms with Gasteiger partial charge in [-0.3, -0.25) is 0 Å². The van der Waals surface area contributed by atoms with Crippen molar-refractivity contribution in [2.24, 2.45) is 0 Å². The fourth-order valence-corrected chi connectivity index (χ4v) is 3.14. The van der Waals surface area contributed by atoms with Gasteiger partial charge in [-0.25, -0.2) is 4.79 Å². The number of hydrogen-bond donors (Lipinski definition) is 0. The van der Waals surface area contributed by atoms with Gasteiger partial charge < -0.3 is 4.74 Å². The topological polar surface area (TPSA) is 26.3 Å². The van der Waals surface area contributed by atoms with Crippen molar-refractivity contribution in [2.75, 3.05) is 0 Å². The number of carbonyl (C=O) groups excluding carboxylic acids is 1. The van der Waals surface area contributed by atoms with Crippen molar-refractivity contribution in [1.29, 1.82) is 0 Å². The molecule has 20 heavy (non-hydrogen) atoms. The van der Waals surface area contributed by atoms with E-state index in [0.717, 1.165) is 30.6 Å². The first-order chi connectivity index (χ1) is 9.84. The second-order valence-corrected chi connectivity index (χ2v) is 5.25. The third-order valence-corrected chi connectivity index (χ3v) is 4.08. The summed E-state index contributed by atoms with van der Waals surface area (Å²) in [5, 5.41) is 0. The Balaban J connectivity index is 1.96. The zero-order valence-corrected chi connectivity index (χ0v) is 11.1. The number of esters is 1. The molecule has 0 amide bonds. The van der Waals surface area contributed by atoms with Crippen LogP contribution in [0.15, 0.2) is 48.5 Å². The largest absolute Gasteiger partial charge is 0.422 e. The molecule has 0 unspecified atom stereocenters. The smallest absolute Gasteiger partial charge is 0.344 e. The predicted octanol–water partition coefficient (Wildman–Crippen LogP) is 4.06. The summed E-state index contributed by atoms with van der Waals surface area (Å²) in [6.45, 7) is 0. The molecule has 0 N–H and O–H groups in total. The summed E-state index contributed by atoms with van der Waals surface area (Å²) in [6, 6.07) is 16.1. The number of carbonyl (C=O) groups is 1. The molecule has 0 atom stereocenters. The SMILES string of the molecule is O=C1O/C(=C2/CCCc3ccccc32)c2ccccc21. The Morgan fingerprint density at radius 2 is 1.50 bits per heavy atom. The number of hydrogen-bond acceptors (Lipinski definition) is 2. The monoisotopic (exact) mass is 262 g/mol. The maximum Gasteiger partial charge on any atom is 0.344 e. The van der Waals surface area contributed by atoms with Crippen LogP contribution in [0.25, 0.3) is 11.3 Å². The van der Waals surface area contributed by atoms with Gasteiger partial charge in [-0.15, -0.1) is 0 Å². The highest BCUT2D eigenvalue weighted by molar-refractivity contribution is 6.08. The van der Waals surface area contributed by atoms with Crippen LogP contribution in [0.3, 0.4) is 0 Å². The third kappa shape index (κ3) is 1.61. The number of rotatable bonds is 0. The molecule has 2 aromatic rings. The molecule has 4 rings (SSSR count). The Kier molecular flexibility index (Phi) is 2.49. The van der Waals surface area contributed by atoms with E-state index in [0.29, 0.717) is 5.56 Å². The molecule has 0 radical (unpaired) electrons. The first kappa shape index (κ1) is 11.5. The van der Waals surface area contributed by atoms with E-state index in [1.807, 2.05) is 30.3 Å². The fourth-order valence-electron chi connectivity index (χ4n) is 3.14. The molecule has 0 bridgehead atoms. The molecule has 2 aromatic carbocycles. The van der Waals surface area contributed by atoms with Gasteiger partial charge in [0.05, 0.1) is 5.56 Å². The highest BCUT2D eigenvalue weighted by Gasteiger charge is 2.30. The average molecular weight is 262 g/mol. The van der Waals surface area contributed by atoms with E-state index in [9.17, 15) is 4.79 Å². The lowest BCUT2D eigenvalue weighted by Gasteiger charge is -2.20. The molecule has 2 heteroatoms. The Bertz CT molecular complexity index is 741. The first-order valence-electron chi connectivity index (χ1n) is 6.97. The van der Waals surface area contributed by atoms with E-state index in [-0.39, 0.29) is 5.97 Å². The lowest BCUT2D eigenvalue weighted by molar-refractivity contribution is 0.0716. The molecule has 0 saturated carbocycles. The van der Waals surface area contributed by atoms with Crippen molar-refractivity contribution in [1.82, 2.24) is 0 Å². The van der Waals surface area contributed by atoms with Crippen molar-refractivity contribution < 1.29 is 9.53 Å². The Labute approximate surface area is 117 Å². The van der Waals surface area contributed by atoms with Crippen LogP contribution >= 0.6 is 0 Å². The van der Waals surface area contributed by atoms with Gasteiger partial charge in [-0.05, 0) is 36.5 Å². The van der Waals surface area contributed by atoms with Crippen molar-refractivity contribution in [3.8, 4) is 0 Å². The summed E-state index contributed by atoms with van der Waals surface area (Å²) in [5.74, 6) is 0.531. The molecule has 2 aliphatic rings. The molecular formula is C18H14O2. The maximum atomic E-state index is 12.0. The van der Waals surface area contributed by atoms with Crippen LogP contribution in [-0.4, -0.2) is 5.97 Å². The number of aryl methyl sites for hydroxylation is 1. The van der Waals surface area contributed by atoms with E-state index in [4.69, 9.17) is 4.74 Å². The van der Waals surface area contributed by atoms with Crippen LogP contribution in [0.1, 0.15) is 39.9 Å². The van der Waals surface area contributed by atoms with Crippen LogP contribution in [0.4, 0.5) is 0 Å².